The smallest absolute Gasteiger partial charge is 0.300 e. The zero-order valence-electron chi connectivity index (χ0n) is 16.8. The van der Waals surface area contributed by atoms with E-state index >= 15 is 0 Å². The minimum absolute atomic E-state index is 0.0540. The number of carbonyl (C=O) groups excluding carboxylic acids is 2. The predicted octanol–water partition coefficient (Wildman–Crippen LogP) is 3.83. The molecule has 1 N–H and O–H groups in total. The van der Waals surface area contributed by atoms with Crippen molar-refractivity contribution in [1.82, 2.24) is 4.72 Å². The Morgan fingerprint density at radius 3 is 2.43 bits per heavy atom. The largest absolute Gasteiger partial charge is 0.455 e. The van der Waals surface area contributed by atoms with E-state index in [9.17, 15) is 18.0 Å². The van der Waals surface area contributed by atoms with Gasteiger partial charge in [0.15, 0.2) is 11.5 Å². The number of rotatable bonds is 3. The van der Waals surface area contributed by atoms with E-state index in [1.165, 1.54) is 0 Å². The highest BCUT2D eigenvalue weighted by atomic mass is 32.2. The molecule has 0 fully saturated rings. The molecule has 3 rings (SSSR count). The number of amides is 1. The van der Waals surface area contributed by atoms with E-state index in [2.05, 4.69) is 4.72 Å². The van der Waals surface area contributed by atoms with Crippen molar-refractivity contribution in [3.05, 3.63) is 52.0 Å². The molecular weight excluding hydrogens is 378 g/mol. The van der Waals surface area contributed by atoms with Crippen LogP contribution >= 0.6 is 0 Å². The predicted molar refractivity (Wildman–Crippen MR) is 105 cm³/mol. The Morgan fingerprint density at radius 2 is 1.82 bits per heavy atom. The van der Waals surface area contributed by atoms with Crippen LogP contribution in [0, 0.1) is 13.8 Å². The molecule has 2 aromatic rings. The normalized spacial score (nSPS) is 14.7. The van der Waals surface area contributed by atoms with E-state index in [1.54, 1.807) is 26.0 Å². The molecule has 0 atom stereocenters. The topological polar surface area (TPSA) is 93.4 Å². The van der Waals surface area contributed by atoms with Gasteiger partial charge in [0.2, 0.25) is 0 Å². The van der Waals surface area contributed by atoms with Crippen LogP contribution in [0.3, 0.4) is 0 Å². The van der Waals surface area contributed by atoms with Crippen molar-refractivity contribution in [3.63, 3.8) is 0 Å². The van der Waals surface area contributed by atoms with Gasteiger partial charge in [-0.15, -0.1) is 0 Å². The van der Waals surface area contributed by atoms with E-state index in [4.69, 9.17) is 4.42 Å². The van der Waals surface area contributed by atoms with Gasteiger partial charge >= 0.3 is 5.91 Å². The van der Waals surface area contributed by atoms with Crippen LogP contribution in [-0.2, 0) is 21.9 Å². The van der Waals surface area contributed by atoms with E-state index in [0.717, 1.165) is 5.56 Å². The van der Waals surface area contributed by atoms with Crippen LogP contribution in [0.2, 0.25) is 0 Å². The van der Waals surface area contributed by atoms with E-state index in [1.807, 2.05) is 26.8 Å². The number of fused-ring (bicyclic) bond motifs is 1. The summed E-state index contributed by atoms with van der Waals surface area (Å²) in [6, 6.07) is 5.20. The Labute approximate surface area is 165 Å². The molecule has 0 unspecified atom stereocenters. The number of benzene rings is 1. The van der Waals surface area contributed by atoms with Crippen molar-refractivity contribution in [2.75, 3.05) is 0 Å². The second kappa shape index (κ2) is 6.88. The standard InChI is InChI=1S/C21H25NO5S/c1-12-9-10-14(21(3,4)5)11-17(12)28(25,26)22-20(24)19-13(2)18-15(23)7-6-8-16(18)27-19/h9-11H,6-8H2,1-5H3,(H,22,24). The first kappa shape index (κ1) is 20.3. The number of aryl methyl sites for hydroxylation is 2. The first-order valence-electron chi connectivity index (χ1n) is 9.25. The molecule has 1 aromatic heterocycles. The molecule has 0 saturated carbocycles. The third-order valence-electron chi connectivity index (χ3n) is 5.08. The van der Waals surface area contributed by atoms with Gasteiger partial charge in [0.1, 0.15) is 5.76 Å². The lowest BCUT2D eigenvalue weighted by atomic mass is 9.87. The van der Waals surface area contributed by atoms with Crippen molar-refractivity contribution in [2.45, 2.75) is 64.2 Å². The average molecular weight is 404 g/mol. The number of carbonyl (C=O) groups is 2. The van der Waals surface area contributed by atoms with Gasteiger partial charge in [-0.2, -0.15) is 0 Å². The summed E-state index contributed by atoms with van der Waals surface area (Å²) in [5.74, 6) is -0.589. The van der Waals surface area contributed by atoms with Crippen LogP contribution in [-0.4, -0.2) is 20.1 Å². The summed E-state index contributed by atoms with van der Waals surface area (Å²) in [6.07, 6.45) is 1.64. The monoisotopic (exact) mass is 403 g/mol. The Morgan fingerprint density at radius 1 is 1.14 bits per heavy atom. The minimum atomic E-state index is -4.10. The highest BCUT2D eigenvalue weighted by Gasteiger charge is 2.31. The van der Waals surface area contributed by atoms with Crippen LogP contribution in [0.1, 0.15) is 77.0 Å². The molecule has 7 heteroatoms. The molecule has 1 aliphatic rings. The summed E-state index contributed by atoms with van der Waals surface area (Å²) in [5.41, 5.74) is 1.96. The summed E-state index contributed by atoms with van der Waals surface area (Å²) in [4.78, 5) is 24.8. The lowest BCUT2D eigenvalue weighted by Crippen LogP contribution is -2.31. The van der Waals surface area contributed by atoms with Crippen molar-refractivity contribution in [3.8, 4) is 0 Å². The van der Waals surface area contributed by atoms with Crippen molar-refractivity contribution >= 4 is 21.7 Å². The molecule has 28 heavy (non-hydrogen) atoms. The second-order valence-electron chi connectivity index (χ2n) is 8.30. The zero-order chi connectivity index (χ0) is 20.9. The zero-order valence-corrected chi connectivity index (χ0v) is 17.6. The lowest BCUT2D eigenvalue weighted by molar-refractivity contribution is 0.0944. The fraction of sp³-hybridized carbons (Fsp3) is 0.429. The second-order valence-corrected chi connectivity index (χ2v) is 9.95. The first-order chi connectivity index (χ1) is 12.9. The van der Waals surface area contributed by atoms with E-state index in [0.29, 0.717) is 41.7 Å². The molecule has 1 heterocycles. The van der Waals surface area contributed by atoms with Crippen molar-refractivity contribution in [1.29, 1.82) is 0 Å². The van der Waals surface area contributed by atoms with Crippen LogP contribution in [0.15, 0.2) is 27.5 Å². The van der Waals surface area contributed by atoms with E-state index in [-0.39, 0.29) is 21.9 Å². The van der Waals surface area contributed by atoms with Crippen LogP contribution < -0.4 is 4.72 Å². The third-order valence-corrected chi connectivity index (χ3v) is 6.56. The van der Waals surface area contributed by atoms with Gasteiger partial charge in [-0.25, -0.2) is 13.1 Å². The molecule has 6 nitrogen and oxygen atoms in total. The summed E-state index contributed by atoms with van der Waals surface area (Å²) >= 11 is 0. The van der Waals surface area contributed by atoms with Crippen molar-refractivity contribution in [2.24, 2.45) is 0 Å². The Kier molecular flexibility index (Phi) is 5.00. The lowest BCUT2D eigenvalue weighted by Gasteiger charge is -2.20. The summed E-state index contributed by atoms with van der Waals surface area (Å²) in [6.45, 7) is 9.25. The molecule has 1 amide bonds. The van der Waals surface area contributed by atoms with Gasteiger partial charge in [0.25, 0.3) is 10.0 Å². The molecule has 0 spiro atoms. The van der Waals surface area contributed by atoms with Crippen molar-refractivity contribution < 1.29 is 22.4 Å². The fourth-order valence-corrected chi connectivity index (χ4v) is 4.67. The molecular formula is C21H25NO5S. The maximum absolute atomic E-state index is 12.9. The Bertz CT molecular complexity index is 1070. The van der Waals surface area contributed by atoms with Gasteiger partial charge < -0.3 is 4.42 Å². The van der Waals surface area contributed by atoms with Gasteiger partial charge in [-0.3, -0.25) is 9.59 Å². The average Bonchev–Trinajstić information content (AvgIpc) is 2.92. The Hall–Kier alpha value is -2.41. The molecule has 0 aliphatic heterocycles. The number of hydrogen-bond acceptors (Lipinski definition) is 5. The number of furan rings is 1. The number of sulfonamides is 1. The SMILES string of the molecule is Cc1ccc(C(C)(C)C)cc1S(=O)(=O)NC(=O)c1oc2c(c1C)C(=O)CCC2. The molecule has 0 bridgehead atoms. The number of Topliss-reactive ketones (excluding diaryl/α,β-unsaturated/α-hetero) is 1. The van der Waals surface area contributed by atoms with Gasteiger partial charge in [-0.1, -0.05) is 32.9 Å². The number of nitrogens with one attached hydrogen (secondary N) is 1. The van der Waals surface area contributed by atoms with Gasteiger partial charge in [0.05, 0.1) is 10.5 Å². The summed E-state index contributed by atoms with van der Waals surface area (Å²) < 4.78 is 33.5. The molecule has 0 radical (unpaired) electrons. The van der Waals surface area contributed by atoms with Crippen LogP contribution in [0.25, 0.3) is 0 Å². The maximum Gasteiger partial charge on any atom is 0.300 e. The highest BCUT2D eigenvalue weighted by molar-refractivity contribution is 7.90. The number of ketones is 1. The highest BCUT2D eigenvalue weighted by Crippen LogP contribution is 2.30. The molecule has 150 valence electrons. The summed E-state index contributed by atoms with van der Waals surface area (Å²) in [5, 5.41) is 0. The number of hydrogen-bond donors (Lipinski definition) is 1. The third kappa shape index (κ3) is 3.63. The molecule has 1 aliphatic carbocycles. The maximum atomic E-state index is 12.9. The van der Waals surface area contributed by atoms with E-state index < -0.39 is 15.9 Å². The summed E-state index contributed by atoms with van der Waals surface area (Å²) in [7, 11) is -4.10. The Balaban J connectivity index is 1.96. The quantitative estimate of drug-likeness (QED) is 0.841. The van der Waals surface area contributed by atoms with Crippen LogP contribution in [0.4, 0.5) is 0 Å². The minimum Gasteiger partial charge on any atom is -0.455 e. The van der Waals surface area contributed by atoms with Crippen LogP contribution in [0.5, 0.6) is 0 Å². The first-order valence-corrected chi connectivity index (χ1v) is 10.7. The van der Waals surface area contributed by atoms with Gasteiger partial charge in [-0.05, 0) is 42.9 Å². The fourth-order valence-electron chi connectivity index (χ4n) is 3.44. The molecule has 1 aromatic carbocycles. The molecule has 0 saturated heterocycles. The van der Waals surface area contributed by atoms with Gasteiger partial charge in [0, 0.05) is 18.4 Å².